The van der Waals surface area contributed by atoms with E-state index in [0.717, 1.165) is 6.42 Å². The number of hydrogen-bond donors (Lipinski definition) is 2. The molecule has 100 valence electrons. The van der Waals surface area contributed by atoms with E-state index < -0.39 is 0 Å². The second kappa shape index (κ2) is 5.85. The minimum atomic E-state index is -0.0913. The van der Waals surface area contributed by atoms with Crippen molar-refractivity contribution in [1.29, 1.82) is 0 Å². The monoisotopic (exact) mass is 240 g/mol. The summed E-state index contributed by atoms with van der Waals surface area (Å²) >= 11 is 0. The topological polar surface area (TPSA) is 41.1 Å². The van der Waals surface area contributed by atoms with Gasteiger partial charge in [-0.2, -0.15) is 0 Å². The molecule has 3 nitrogen and oxygen atoms in total. The number of nitrogens with one attached hydrogen (secondary N) is 2. The molecule has 1 saturated carbocycles. The zero-order valence-corrected chi connectivity index (χ0v) is 12.0. The Labute approximate surface area is 106 Å². The summed E-state index contributed by atoms with van der Waals surface area (Å²) in [5.41, 5.74) is 0.324. The summed E-state index contributed by atoms with van der Waals surface area (Å²) in [6, 6.07) is 0.648. The van der Waals surface area contributed by atoms with Gasteiger partial charge in [0.05, 0.1) is 6.04 Å². The van der Waals surface area contributed by atoms with E-state index in [-0.39, 0.29) is 18.0 Å². The molecule has 0 aromatic heterocycles. The summed E-state index contributed by atoms with van der Waals surface area (Å²) in [5.74, 6) is 0.127. The van der Waals surface area contributed by atoms with Crippen molar-refractivity contribution >= 4 is 5.91 Å². The Kier molecular flexibility index (Phi) is 4.99. The third-order valence-corrected chi connectivity index (χ3v) is 4.10. The third-order valence-electron chi connectivity index (χ3n) is 4.10. The summed E-state index contributed by atoms with van der Waals surface area (Å²) in [6.07, 6.45) is 4.69. The lowest BCUT2D eigenvalue weighted by molar-refractivity contribution is -0.123. The molecule has 0 aliphatic heterocycles. The first-order valence-corrected chi connectivity index (χ1v) is 6.93. The van der Waals surface area contributed by atoms with Gasteiger partial charge >= 0.3 is 0 Å². The second-order valence-electron chi connectivity index (χ2n) is 6.14. The first-order chi connectivity index (χ1) is 7.86. The van der Waals surface area contributed by atoms with Gasteiger partial charge in [0.2, 0.25) is 5.91 Å². The number of rotatable bonds is 5. The second-order valence-corrected chi connectivity index (χ2v) is 6.14. The average Bonchev–Trinajstić information content (AvgIpc) is 2.58. The van der Waals surface area contributed by atoms with Crippen LogP contribution in [0.2, 0.25) is 0 Å². The van der Waals surface area contributed by atoms with Gasteiger partial charge < -0.3 is 10.6 Å². The van der Waals surface area contributed by atoms with Crippen LogP contribution >= 0.6 is 0 Å². The van der Waals surface area contributed by atoms with Gasteiger partial charge in [0.25, 0.3) is 0 Å². The van der Waals surface area contributed by atoms with Gasteiger partial charge in [-0.05, 0) is 38.5 Å². The predicted octanol–water partition coefficient (Wildman–Crippen LogP) is 2.46. The normalized spacial score (nSPS) is 26.5. The summed E-state index contributed by atoms with van der Waals surface area (Å²) < 4.78 is 0. The number of carbonyl (C=O) groups is 1. The minimum Gasteiger partial charge on any atom is -0.352 e. The molecule has 0 aromatic carbocycles. The predicted molar refractivity (Wildman–Crippen MR) is 71.9 cm³/mol. The fourth-order valence-corrected chi connectivity index (χ4v) is 2.48. The third kappa shape index (κ3) is 3.98. The van der Waals surface area contributed by atoms with Gasteiger partial charge in [-0.25, -0.2) is 0 Å². The fraction of sp³-hybridized carbons (Fsp3) is 0.929. The molecular formula is C14H28N2O. The van der Waals surface area contributed by atoms with E-state index in [1.165, 1.54) is 19.3 Å². The summed E-state index contributed by atoms with van der Waals surface area (Å²) in [7, 11) is 0. The van der Waals surface area contributed by atoms with Crippen molar-refractivity contribution < 1.29 is 4.79 Å². The molecule has 0 heterocycles. The average molecular weight is 240 g/mol. The van der Waals surface area contributed by atoms with Crippen LogP contribution in [0.25, 0.3) is 0 Å². The molecule has 0 bridgehead atoms. The Hall–Kier alpha value is -0.570. The van der Waals surface area contributed by atoms with Crippen molar-refractivity contribution in [2.24, 2.45) is 5.41 Å². The van der Waals surface area contributed by atoms with E-state index in [2.05, 4.69) is 31.4 Å². The zero-order valence-electron chi connectivity index (χ0n) is 12.0. The van der Waals surface area contributed by atoms with E-state index in [1.54, 1.807) is 0 Å². The van der Waals surface area contributed by atoms with E-state index in [1.807, 2.05) is 13.8 Å². The Bertz CT molecular complexity index is 263. The standard InChI is InChI=1S/C14H28N2O/c1-6-10(2)15-13(17)11(3)16-12-8-7-9-14(12,4)5/h10-12,16H,6-9H2,1-5H3,(H,15,17). The van der Waals surface area contributed by atoms with Gasteiger partial charge in [-0.1, -0.05) is 27.2 Å². The van der Waals surface area contributed by atoms with E-state index in [4.69, 9.17) is 0 Å². The number of carbonyl (C=O) groups excluding carboxylic acids is 1. The molecule has 0 radical (unpaired) electrons. The molecule has 1 amide bonds. The van der Waals surface area contributed by atoms with Crippen LogP contribution in [0.4, 0.5) is 0 Å². The highest BCUT2D eigenvalue weighted by atomic mass is 16.2. The maximum Gasteiger partial charge on any atom is 0.237 e. The molecule has 1 aliphatic carbocycles. The quantitative estimate of drug-likeness (QED) is 0.775. The van der Waals surface area contributed by atoms with Gasteiger partial charge in [0.1, 0.15) is 0 Å². The van der Waals surface area contributed by atoms with Gasteiger partial charge in [0.15, 0.2) is 0 Å². The summed E-state index contributed by atoms with van der Waals surface area (Å²) in [5, 5.41) is 6.52. The highest BCUT2D eigenvalue weighted by Crippen LogP contribution is 2.37. The smallest absolute Gasteiger partial charge is 0.237 e. The van der Waals surface area contributed by atoms with Crippen molar-refractivity contribution in [2.45, 2.75) is 78.4 Å². The molecule has 1 rings (SSSR count). The molecule has 3 atom stereocenters. The Balaban J connectivity index is 2.43. The lowest BCUT2D eigenvalue weighted by Gasteiger charge is -2.30. The first kappa shape index (κ1) is 14.5. The van der Waals surface area contributed by atoms with Crippen LogP contribution in [0.15, 0.2) is 0 Å². The molecule has 0 aromatic rings. The minimum absolute atomic E-state index is 0.0913. The summed E-state index contributed by atoms with van der Waals surface area (Å²) in [4.78, 5) is 11.9. The maximum atomic E-state index is 11.9. The van der Waals surface area contributed by atoms with Crippen LogP contribution in [0.3, 0.4) is 0 Å². The van der Waals surface area contributed by atoms with Gasteiger partial charge in [0, 0.05) is 12.1 Å². The summed E-state index contributed by atoms with van der Waals surface area (Å²) in [6.45, 7) is 10.7. The van der Waals surface area contributed by atoms with Crippen molar-refractivity contribution in [3.8, 4) is 0 Å². The maximum absolute atomic E-state index is 11.9. The van der Waals surface area contributed by atoms with E-state index in [9.17, 15) is 4.79 Å². The van der Waals surface area contributed by atoms with Gasteiger partial charge in [-0.15, -0.1) is 0 Å². The molecule has 2 N–H and O–H groups in total. The van der Waals surface area contributed by atoms with Crippen molar-refractivity contribution in [3.63, 3.8) is 0 Å². The van der Waals surface area contributed by atoms with Crippen LogP contribution < -0.4 is 10.6 Å². The largest absolute Gasteiger partial charge is 0.352 e. The zero-order chi connectivity index (χ0) is 13.1. The molecule has 1 aliphatic rings. The van der Waals surface area contributed by atoms with Gasteiger partial charge in [-0.3, -0.25) is 4.79 Å². The highest BCUT2D eigenvalue weighted by Gasteiger charge is 2.35. The fourth-order valence-electron chi connectivity index (χ4n) is 2.48. The Morgan fingerprint density at radius 1 is 1.41 bits per heavy atom. The first-order valence-electron chi connectivity index (χ1n) is 6.93. The Morgan fingerprint density at radius 2 is 2.06 bits per heavy atom. The molecule has 17 heavy (non-hydrogen) atoms. The molecule has 3 heteroatoms. The molecule has 3 unspecified atom stereocenters. The highest BCUT2D eigenvalue weighted by molar-refractivity contribution is 5.81. The van der Waals surface area contributed by atoms with Crippen molar-refractivity contribution in [3.05, 3.63) is 0 Å². The SMILES string of the molecule is CCC(C)NC(=O)C(C)NC1CCCC1(C)C. The van der Waals surface area contributed by atoms with Crippen LogP contribution in [0, 0.1) is 5.41 Å². The number of amides is 1. The lowest BCUT2D eigenvalue weighted by atomic mass is 9.87. The van der Waals surface area contributed by atoms with Crippen molar-refractivity contribution in [1.82, 2.24) is 10.6 Å². The Morgan fingerprint density at radius 3 is 2.53 bits per heavy atom. The van der Waals surface area contributed by atoms with E-state index >= 15 is 0 Å². The molecular weight excluding hydrogens is 212 g/mol. The van der Waals surface area contributed by atoms with Crippen LogP contribution in [0.1, 0.15) is 60.3 Å². The van der Waals surface area contributed by atoms with Crippen LogP contribution in [-0.4, -0.2) is 24.0 Å². The molecule has 1 fully saturated rings. The lowest BCUT2D eigenvalue weighted by Crippen LogP contribution is -2.51. The van der Waals surface area contributed by atoms with E-state index in [0.29, 0.717) is 11.5 Å². The van der Waals surface area contributed by atoms with Crippen LogP contribution in [-0.2, 0) is 4.79 Å². The van der Waals surface area contributed by atoms with Crippen LogP contribution in [0.5, 0.6) is 0 Å². The number of hydrogen-bond acceptors (Lipinski definition) is 2. The molecule has 0 spiro atoms. The van der Waals surface area contributed by atoms with Crippen molar-refractivity contribution in [2.75, 3.05) is 0 Å². The molecule has 0 saturated heterocycles.